The highest BCUT2D eigenvalue weighted by atomic mass is 16.2. The molecule has 0 aliphatic rings. The van der Waals surface area contributed by atoms with Crippen LogP contribution >= 0.6 is 0 Å². The summed E-state index contributed by atoms with van der Waals surface area (Å²) >= 11 is 0. The second-order valence-electron chi connectivity index (χ2n) is 3.59. The molecule has 0 atom stereocenters. The lowest BCUT2D eigenvalue weighted by Crippen LogP contribution is -2.29. The van der Waals surface area contributed by atoms with Crippen molar-refractivity contribution >= 4 is 17.6 Å². The van der Waals surface area contributed by atoms with Gasteiger partial charge in [-0.05, 0) is 13.3 Å². The fraction of sp³-hybridized carbons (Fsp3) is 0.636. The van der Waals surface area contributed by atoms with Gasteiger partial charge in [0.2, 0.25) is 11.8 Å². The third-order valence-corrected chi connectivity index (χ3v) is 1.94. The van der Waals surface area contributed by atoms with Crippen LogP contribution in [0.4, 0.5) is 0 Å². The van der Waals surface area contributed by atoms with E-state index in [1.165, 1.54) is 6.92 Å². The minimum absolute atomic E-state index is 0.0103. The van der Waals surface area contributed by atoms with Crippen LogP contribution in [0.15, 0.2) is 0 Å². The summed E-state index contributed by atoms with van der Waals surface area (Å²) in [6.45, 7) is 2.31. The van der Waals surface area contributed by atoms with E-state index < -0.39 is 0 Å². The molecule has 0 aliphatic heterocycles. The molecule has 0 radical (unpaired) electrons. The van der Waals surface area contributed by atoms with E-state index in [2.05, 4.69) is 10.6 Å². The minimum Gasteiger partial charge on any atom is -0.356 e. The monoisotopic (exact) mass is 239 g/mol. The van der Waals surface area contributed by atoms with Crippen LogP contribution in [0.2, 0.25) is 0 Å². The summed E-state index contributed by atoms with van der Waals surface area (Å²) in [4.78, 5) is 32.6. The van der Waals surface area contributed by atoms with Crippen molar-refractivity contribution in [1.29, 1.82) is 5.26 Å². The molecule has 0 rings (SSSR count). The second-order valence-corrected chi connectivity index (χ2v) is 3.59. The van der Waals surface area contributed by atoms with Crippen LogP contribution < -0.4 is 10.6 Å². The standard InChI is InChI=1S/C11H17N3O3/c1-9(15)3-4-10(16)13-7-2-8-14-11(17)5-6-12/h2-5,7-8H2,1H3,(H,13,16)(H,14,17). The molecular formula is C11H17N3O3. The smallest absolute Gasteiger partial charge is 0.234 e. The topological polar surface area (TPSA) is 99.1 Å². The Morgan fingerprint density at radius 3 is 2.18 bits per heavy atom. The normalized spacial score (nSPS) is 9.18. The lowest BCUT2D eigenvalue weighted by atomic mass is 10.2. The molecule has 0 aromatic carbocycles. The Hall–Kier alpha value is -1.90. The van der Waals surface area contributed by atoms with Crippen LogP contribution in [-0.4, -0.2) is 30.7 Å². The highest BCUT2D eigenvalue weighted by molar-refractivity contribution is 5.83. The van der Waals surface area contributed by atoms with Crippen LogP contribution in [0.1, 0.15) is 32.6 Å². The number of hydrogen-bond donors (Lipinski definition) is 2. The van der Waals surface area contributed by atoms with E-state index in [-0.39, 0.29) is 36.9 Å². The molecule has 0 aromatic rings. The van der Waals surface area contributed by atoms with Gasteiger partial charge in [-0.15, -0.1) is 0 Å². The molecule has 6 nitrogen and oxygen atoms in total. The Balaban J connectivity index is 3.39. The molecule has 17 heavy (non-hydrogen) atoms. The number of nitrogens with one attached hydrogen (secondary N) is 2. The maximum Gasteiger partial charge on any atom is 0.234 e. The van der Waals surface area contributed by atoms with E-state index in [9.17, 15) is 14.4 Å². The fourth-order valence-electron chi connectivity index (χ4n) is 1.06. The van der Waals surface area contributed by atoms with Crippen molar-refractivity contribution in [1.82, 2.24) is 10.6 Å². The SMILES string of the molecule is CC(=O)CCC(=O)NCCCNC(=O)CC#N. The van der Waals surface area contributed by atoms with Gasteiger partial charge in [-0.2, -0.15) is 5.26 Å². The van der Waals surface area contributed by atoms with Gasteiger partial charge in [0.25, 0.3) is 0 Å². The summed E-state index contributed by atoms with van der Waals surface area (Å²) in [5.41, 5.74) is 0. The first-order chi connectivity index (χ1) is 8.06. The van der Waals surface area contributed by atoms with Crippen molar-refractivity contribution in [3.8, 4) is 6.07 Å². The molecule has 0 unspecified atom stereocenters. The molecule has 0 saturated heterocycles. The van der Waals surface area contributed by atoms with Crippen LogP contribution in [-0.2, 0) is 14.4 Å². The molecular weight excluding hydrogens is 222 g/mol. The zero-order valence-electron chi connectivity index (χ0n) is 9.91. The molecule has 0 saturated carbocycles. The predicted molar refractivity (Wildman–Crippen MR) is 60.8 cm³/mol. The molecule has 2 N–H and O–H groups in total. The van der Waals surface area contributed by atoms with Gasteiger partial charge in [0.15, 0.2) is 0 Å². The van der Waals surface area contributed by atoms with Gasteiger partial charge in [0, 0.05) is 25.9 Å². The number of rotatable bonds is 8. The zero-order chi connectivity index (χ0) is 13.1. The molecule has 0 aliphatic carbocycles. The molecule has 94 valence electrons. The molecule has 0 spiro atoms. The second kappa shape index (κ2) is 9.33. The van der Waals surface area contributed by atoms with E-state index in [1.54, 1.807) is 6.07 Å². The van der Waals surface area contributed by atoms with E-state index in [0.29, 0.717) is 19.5 Å². The first kappa shape index (κ1) is 15.1. The fourth-order valence-corrected chi connectivity index (χ4v) is 1.06. The van der Waals surface area contributed by atoms with Crippen LogP contribution in [0.5, 0.6) is 0 Å². The van der Waals surface area contributed by atoms with Gasteiger partial charge >= 0.3 is 0 Å². The van der Waals surface area contributed by atoms with Crippen LogP contribution in [0.25, 0.3) is 0 Å². The first-order valence-electron chi connectivity index (χ1n) is 5.46. The molecule has 6 heteroatoms. The number of nitriles is 1. The van der Waals surface area contributed by atoms with Crippen LogP contribution in [0, 0.1) is 11.3 Å². The van der Waals surface area contributed by atoms with Gasteiger partial charge in [-0.3, -0.25) is 9.59 Å². The Morgan fingerprint density at radius 1 is 1.06 bits per heavy atom. The maximum absolute atomic E-state index is 11.2. The largest absolute Gasteiger partial charge is 0.356 e. The summed E-state index contributed by atoms with van der Waals surface area (Å²) in [6.07, 6.45) is 0.912. The Bertz CT molecular complexity index is 320. The van der Waals surface area contributed by atoms with Crippen molar-refractivity contribution in [2.45, 2.75) is 32.6 Å². The third-order valence-electron chi connectivity index (χ3n) is 1.94. The van der Waals surface area contributed by atoms with Crippen molar-refractivity contribution in [2.24, 2.45) is 0 Å². The van der Waals surface area contributed by atoms with E-state index in [4.69, 9.17) is 5.26 Å². The van der Waals surface area contributed by atoms with Gasteiger partial charge < -0.3 is 15.4 Å². The van der Waals surface area contributed by atoms with Crippen molar-refractivity contribution < 1.29 is 14.4 Å². The molecule has 2 amide bonds. The third kappa shape index (κ3) is 10.4. The van der Waals surface area contributed by atoms with Gasteiger partial charge in [0.05, 0.1) is 6.07 Å². The van der Waals surface area contributed by atoms with Crippen LogP contribution in [0.3, 0.4) is 0 Å². The minimum atomic E-state index is -0.310. The van der Waals surface area contributed by atoms with E-state index >= 15 is 0 Å². The number of hydrogen-bond acceptors (Lipinski definition) is 4. The van der Waals surface area contributed by atoms with E-state index in [0.717, 1.165) is 0 Å². The Morgan fingerprint density at radius 2 is 1.65 bits per heavy atom. The number of carbonyl (C=O) groups excluding carboxylic acids is 3. The maximum atomic E-state index is 11.2. The van der Waals surface area contributed by atoms with Crippen molar-refractivity contribution in [3.05, 3.63) is 0 Å². The van der Waals surface area contributed by atoms with Gasteiger partial charge in [-0.25, -0.2) is 0 Å². The highest BCUT2D eigenvalue weighted by Gasteiger charge is 2.03. The summed E-state index contributed by atoms with van der Waals surface area (Å²) in [5.74, 6) is -0.483. The lowest BCUT2D eigenvalue weighted by Gasteiger charge is -2.05. The number of nitrogens with zero attached hydrogens (tertiary/aromatic N) is 1. The Labute approximate surface area is 100 Å². The lowest BCUT2D eigenvalue weighted by molar-refractivity contribution is -0.124. The first-order valence-corrected chi connectivity index (χ1v) is 5.46. The van der Waals surface area contributed by atoms with Gasteiger partial charge in [0.1, 0.15) is 12.2 Å². The number of carbonyl (C=O) groups is 3. The van der Waals surface area contributed by atoms with E-state index in [1.807, 2.05) is 0 Å². The summed E-state index contributed by atoms with van der Waals surface area (Å²) in [5, 5.41) is 13.4. The number of Topliss-reactive ketones (excluding diaryl/α,β-unsaturated/α-hetero) is 1. The molecule has 0 aromatic heterocycles. The summed E-state index contributed by atoms with van der Waals surface area (Å²) in [6, 6.07) is 1.74. The molecule has 0 bridgehead atoms. The average Bonchev–Trinajstić information content (AvgIpc) is 2.26. The summed E-state index contributed by atoms with van der Waals surface area (Å²) < 4.78 is 0. The quantitative estimate of drug-likeness (QED) is 0.577. The molecule has 0 heterocycles. The average molecular weight is 239 g/mol. The Kier molecular flexibility index (Phi) is 8.29. The van der Waals surface area contributed by atoms with Crippen molar-refractivity contribution in [2.75, 3.05) is 13.1 Å². The highest BCUT2D eigenvalue weighted by Crippen LogP contribution is 1.89. The van der Waals surface area contributed by atoms with Gasteiger partial charge in [-0.1, -0.05) is 0 Å². The molecule has 0 fully saturated rings. The number of ketones is 1. The summed E-state index contributed by atoms with van der Waals surface area (Å²) in [7, 11) is 0. The number of amides is 2. The predicted octanol–water partition coefficient (Wildman–Crippen LogP) is -0.108. The van der Waals surface area contributed by atoms with Crippen molar-refractivity contribution in [3.63, 3.8) is 0 Å². The zero-order valence-corrected chi connectivity index (χ0v) is 9.91.